The predicted molar refractivity (Wildman–Crippen MR) is 57.6 cm³/mol. The van der Waals surface area contributed by atoms with Crippen LogP contribution in [-0.2, 0) is 6.61 Å². The molecule has 0 radical (unpaired) electrons. The van der Waals surface area contributed by atoms with Crippen LogP contribution in [0.4, 0.5) is 0 Å². The van der Waals surface area contributed by atoms with Gasteiger partial charge in [0.15, 0.2) is 0 Å². The number of aromatic nitrogens is 1. The standard InChI is InChI=1S/C11H11NOS/c1-9-5-7-14-10(9)8-13-11-4-2-3-6-12-11/h2-7H,8H2,1H3. The molecule has 2 rings (SSSR count). The Labute approximate surface area is 87.2 Å². The monoisotopic (exact) mass is 205 g/mol. The topological polar surface area (TPSA) is 22.1 Å². The van der Waals surface area contributed by atoms with Crippen molar-refractivity contribution in [2.24, 2.45) is 0 Å². The second kappa shape index (κ2) is 4.24. The van der Waals surface area contributed by atoms with E-state index in [0.717, 1.165) is 0 Å². The van der Waals surface area contributed by atoms with Gasteiger partial charge in [0.05, 0.1) is 0 Å². The van der Waals surface area contributed by atoms with Gasteiger partial charge in [-0.3, -0.25) is 0 Å². The summed E-state index contributed by atoms with van der Waals surface area (Å²) in [5.41, 5.74) is 1.28. The van der Waals surface area contributed by atoms with E-state index in [1.165, 1.54) is 10.4 Å². The molecule has 2 heterocycles. The zero-order valence-electron chi connectivity index (χ0n) is 7.93. The van der Waals surface area contributed by atoms with Gasteiger partial charge in [-0.1, -0.05) is 6.07 Å². The summed E-state index contributed by atoms with van der Waals surface area (Å²) in [4.78, 5) is 5.35. The van der Waals surface area contributed by atoms with Crippen molar-refractivity contribution in [1.29, 1.82) is 0 Å². The van der Waals surface area contributed by atoms with Gasteiger partial charge in [-0.2, -0.15) is 0 Å². The van der Waals surface area contributed by atoms with Crippen LogP contribution in [-0.4, -0.2) is 4.98 Å². The molecule has 14 heavy (non-hydrogen) atoms. The van der Waals surface area contributed by atoms with Crippen molar-refractivity contribution in [1.82, 2.24) is 4.98 Å². The van der Waals surface area contributed by atoms with Crippen LogP contribution in [0.5, 0.6) is 5.88 Å². The van der Waals surface area contributed by atoms with E-state index >= 15 is 0 Å². The number of hydrogen-bond acceptors (Lipinski definition) is 3. The average molecular weight is 205 g/mol. The first kappa shape index (κ1) is 9.21. The lowest BCUT2D eigenvalue weighted by Crippen LogP contribution is -1.95. The second-order valence-electron chi connectivity index (χ2n) is 2.98. The minimum atomic E-state index is 0.612. The van der Waals surface area contributed by atoms with Crippen molar-refractivity contribution in [3.8, 4) is 5.88 Å². The number of thiophene rings is 1. The number of ether oxygens (including phenoxy) is 1. The van der Waals surface area contributed by atoms with Crippen LogP contribution in [0.15, 0.2) is 35.8 Å². The van der Waals surface area contributed by atoms with Crippen LogP contribution in [0, 0.1) is 6.92 Å². The molecular formula is C11H11NOS. The van der Waals surface area contributed by atoms with Gasteiger partial charge in [0.2, 0.25) is 5.88 Å². The van der Waals surface area contributed by atoms with Gasteiger partial charge in [0.1, 0.15) is 6.61 Å². The molecule has 0 saturated carbocycles. The highest BCUT2D eigenvalue weighted by atomic mass is 32.1. The van der Waals surface area contributed by atoms with Gasteiger partial charge in [0, 0.05) is 17.1 Å². The van der Waals surface area contributed by atoms with Crippen molar-refractivity contribution in [3.63, 3.8) is 0 Å². The SMILES string of the molecule is Cc1ccsc1COc1ccccn1. The second-order valence-corrected chi connectivity index (χ2v) is 3.98. The molecule has 2 aromatic rings. The first-order chi connectivity index (χ1) is 6.86. The Hall–Kier alpha value is -1.35. The highest BCUT2D eigenvalue weighted by Gasteiger charge is 2.00. The molecule has 2 aromatic heterocycles. The Morgan fingerprint density at radius 3 is 2.93 bits per heavy atom. The molecule has 72 valence electrons. The zero-order valence-corrected chi connectivity index (χ0v) is 8.75. The van der Waals surface area contributed by atoms with E-state index < -0.39 is 0 Å². The van der Waals surface area contributed by atoms with Crippen LogP contribution in [0.25, 0.3) is 0 Å². The summed E-state index contributed by atoms with van der Waals surface area (Å²) in [7, 11) is 0. The number of rotatable bonds is 3. The molecule has 0 saturated heterocycles. The third-order valence-corrected chi connectivity index (χ3v) is 2.95. The van der Waals surface area contributed by atoms with Crippen molar-refractivity contribution in [2.45, 2.75) is 13.5 Å². The number of nitrogens with zero attached hydrogens (tertiary/aromatic N) is 1. The van der Waals surface area contributed by atoms with Crippen LogP contribution < -0.4 is 4.74 Å². The van der Waals surface area contributed by atoms with E-state index in [1.54, 1.807) is 17.5 Å². The van der Waals surface area contributed by atoms with Crippen LogP contribution in [0.1, 0.15) is 10.4 Å². The van der Waals surface area contributed by atoms with Crippen LogP contribution >= 0.6 is 11.3 Å². The minimum absolute atomic E-state index is 0.612. The molecule has 0 bridgehead atoms. The molecule has 0 fully saturated rings. The Morgan fingerprint density at radius 1 is 1.36 bits per heavy atom. The van der Waals surface area contributed by atoms with Gasteiger partial charge in [-0.25, -0.2) is 4.98 Å². The van der Waals surface area contributed by atoms with Gasteiger partial charge in [0.25, 0.3) is 0 Å². The first-order valence-electron chi connectivity index (χ1n) is 4.43. The molecule has 0 atom stereocenters. The van der Waals surface area contributed by atoms with Gasteiger partial charge < -0.3 is 4.74 Å². The summed E-state index contributed by atoms with van der Waals surface area (Å²) in [5.74, 6) is 0.681. The summed E-state index contributed by atoms with van der Waals surface area (Å²) in [5, 5.41) is 2.08. The molecular weight excluding hydrogens is 194 g/mol. The Bertz CT molecular complexity index is 397. The molecule has 0 spiro atoms. The Morgan fingerprint density at radius 2 is 2.29 bits per heavy atom. The van der Waals surface area contributed by atoms with Crippen molar-refractivity contribution in [3.05, 3.63) is 46.3 Å². The molecule has 0 aromatic carbocycles. The van der Waals surface area contributed by atoms with E-state index in [1.807, 2.05) is 18.2 Å². The summed E-state index contributed by atoms with van der Waals surface area (Å²) >= 11 is 1.72. The lowest BCUT2D eigenvalue weighted by molar-refractivity contribution is 0.296. The smallest absolute Gasteiger partial charge is 0.213 e. The summed E-state index contributed by atoms with van der Waals surface area (Å²) in [6.07, 6.45) is 1.73. The summed E-state index contributed by atoms with van der Waals surface area (Å²) in [6, 6.07) is 7.76. The van der Waals surface area contributed by atoms with E-state index in [4.69, 9.17) is 4.74 Å². The predicted octanol–water partition coefficient (Wildman–Crippen LogP) is 3.03. The maximum atomic E-state index is 5.53. The minimum Gasteiger partial charge on any atom is -0.472 e. The van der Waals surface area contributed by atoms with Crippen molar-refractivity contribution in [2.75, 3.05) is 0 Å². The lowest BCUT2D eigenvalue weighted by Gasteiger charge is -2.03. The maximum absolute atomic E-state index is 5.53. The molecule has 3 heteroatoms. The Kier molecular flexibility index (Phi) is 2.79. The fourth-order valence-electron chi connectivity index (χ4n) is 1.12. The lowest BCUT2D eigenvalue weighted by atomic mass is 10.3. The first-order valence-corrected chi connectivity index (χ1v) is 5.31. The molecule has 0 aliphatic rings. The van der Waals surface area contributed by atoms with E-state index in [9.17, 15) is 0 Å². The van der Waals surface area contributed by atoms with E-state index in [-0.39, 0.29) is 0 Å². The summed E-state index contributed by atoms with van der Waals surface area (Å²) in [6.45, 7) is 2.70. The summed E-state index contributed by atoms with van der Waals surface area (Å²) < 4.78 is 5.53. The molecule has 0 aliphatic carbocycles. The van der Waals surface area contributed by atoms with Gasteiger partial charge >= 0.3 is 0 Å². The fourth-order valence-corrected chi connectivity index (χ4v) is 1.94. The molecule has 0 unspecified atom stereocenters. The largest absolute Gasteiger partial charge is 0.472 e. The third-order valence-electron chi connectivity index (χ3n) is 1.96. The van der Waals surface area contributed by atoms with Crippen LogP contribution in [0.3, 0.4) is 0 Å². The highest BCUT2D eigenvalue weighted by Crippen LogP contribution is 2.17. The number of aryl methyl sites for hydroxylation is 1. The molecule has 2 nitrogen and oxygen atoms in total. The fraction of sp³-hybridized carbons (Fsp3) is 0.182. The number of hydrogen-bond donors (Lipinski definition) is 0. The van der Waals surface area contributed by atoms with Crippen molar-refractivity contribution < 1.29 is 4.74 Å². The van der Waals surface area contributed by atoms with E-state index in [0.29, 0.717) is 12.5 Å². The maximum Gasteiger partial charge on any atom is 0.213 e. The normalized spacial score (nSPS) is 10.1. The van der Waals surface area contributed by atoms with Crippen LogP contribution in [0.2, 0.25) is 0 Å². The quantitative estimate of drug-likeness (QED) is 0.768. The van der Waals surface area contributed by atoms with Gasteiger partial charge in [-0.05, 0) is 30.0 Å². The molecule has 0 amide bonds. The molecule has 0 aliphatic heterocycles. The number of pyridine rings is 1. The van der Waals surface area contributed by atoms with Gasteiger partial charge in [-0.15, -0.1) is 11.3 Å². The average Bonchev–Trinajstić information content (AvgIpc) is 2.63. The Balaban J connectivity index is 1.99. The molecule has 0 N–H and O–H groups in total. The van der Waals surface area contributed by atoms with Crippen molar-refractivity contribution >= 4 is 11.3 Å². The highest BCUT2D eigenvalue weighted by molar-refractivity contribution is 7.10. The third kappa shape index (κ3) is 2.12. The zero-order chi connectivity index (χ0) is 9.80. The van der Waals surface area contributed by atoms with E-state index in [2.05, 4.69) is 23.4 Å².